The van der Waals surface area contributed by atoms with Gasteiger partial charge in [-0.25, -0.2) is 4.79 Å². The molecule has 3 fully saturated rings. The van der Waals surface area contributed by atoms with Crippen LogP contribution < -0.4 is 5.32 Å². The van der Waals surface area contributed by atoms with E-state index in [1.807, 2.05) is 11.9 Å². The fourth-order valence-electron chi connectivity index (χ4n) is 4.25. The molecule has 0 bridgehead atoms. The number of ether oxygens (including phenoxy) is 2. The summed E-state index contributed by atoms with van der Waals surface area (Å²) in [7, 11) is 3.67. The number of urea groups is 1. The number of amides is 2. The smallest absolute Gasteiger partial charge is 0.317 e. The topological polar surface area (TPSA) is 50.8 Å². The zero-order chi connectivity index (χ0) is 16.8. The molecule has 0 aromatic heterocycles. The van der Waals surface area contributed by atoms with Gasteiger partial charge in [0, 0.05) is 38.3 Å². The molecular formula is C18H32N2O3. The first-order valence-electron chi connectivity index (χ1n) is 8.98. The third kappa shape index (κ3) is 2.98. The minimum absolute atomic E-state index is 0.0416. The second-order valence-electron chi connectivity index (χ2n) is 8.40. The van der Waals surface area contributed by atoms with Crippen molar-refractivity contribution in [3.63, 3.8) is 0 Å². The number of nitrogens with one attached hydrogen (secondary N) is 1. The van der Waals surface area contributed by atoms with E-state index in [1.165, 1.54) is 12.8 Å². The van der Waals surface area contributed by atoms with E-state index in [4.69, 9.17) is 9.47 Å². The Labute approximate surface area is 140 Å². The van der Waals surface area contributed by atoms with Crippen LogP contribution in [-0.2, 0) is 9.47 Å². The maximum absolute atomic E-state index is 12.7. The maximum Gasteiger partial charge on any atom is 0.317 e. The van der Waals surface area contributed by atoms with Crippen LogP contribution in [0.2, 0.25) is 0 Å². The van der Waals surface area contributed by atoms with Gasteiger partial charge in [0.05, 0.1) is 11.7 Å². The number of carbonyl (C=O) groups is 1. The summed E-state index contributed by atoms with van der Waals surface area (Å²) in [6.45, 7) is 7.28. The van der Waals surface area contributed by atoms with Crippen molar-refractivity contribution in [1.29, 1.82) is 0 Å². The van der Waals surface area contributed by atoms with E-state index >= 15 is 0 Å². The van der Waals surface area contributed by atoms with Crippen LogP contribution in [0, 0.1) is 11.3 Å². The first-order valence-corrected chi connectivity index (χ1v) is 8.98. The van der Waals surface area contributed by atoms with E-state index in [9.17, 15) is 4.79 Å². The van der Waals surface area contributed by atoms with E-state index < -0.39 is 0 Å². The quantitative estimate of drug-likeness (QED) is 0.865. The lowest BCUT2D eigenvalue weighted by Gasteiger charge is -2.61. The van der Waals surface area contributed by atoms with Crippen molar-refractivity contribution in [2.45, 2.75) is 76.7 Å². The van der Waals surface area contributed by atoms with Crippen LogP contribution in [0.25, 0.3) is 0 Å². The largest absolute Gasteiger partial charge is 0.378 e. The zero-order valence-electron chi connectivity index (χ0n) is 15.2. The summed E-state index contributed by atoms with van der Waals surface area (Å²) in [5.41, 5.74) is -0.192. The van der Waals surface area contributed by atoms with Crippen molar-refractivity contribution < 1.29 is 14.3 Å². The molecule has 3 rings (SSSR count). The third-order valence-corrected chi connectivity index (χ3v) is 6.81. The van der Waals surface area contributed by atoms with Crippen LogP contribution in [0.5, 0.6) is 0 Å². The van der Waals surface area contributed by atoms with Crippen LogP contribution in [0.1, 0.15) is 52.9 Å². The van der Waals surface area contributed by atoms with Crippen LogP contribution in [0.15, 0.2) is 0 Å². The van der Waals surface area contributed by atoms with Crippen LogP contribution in [-0.4, -0.2) is 55.5 Å². The molecular weight excluding hydrogens is 292 g/mol. The molecule has 1 aliphatic heterocycles. The highest BCUT2D eigenvalue weighted by molar-refractivity contribution is 5.75. The highest BCUT2D eigenvalue weighted by atomic mass is 16.5. The summed E-state index contributed by atoms with van der Waals surface area (Å²) in [4.78, 5) is 14.5. The highest BCUT2D eigenvalue weighted by Crippen LogP contribution is 2.53. The average molecular weight is 324 g/mol. The molecule has 23 heavy (non-hydrogen) atoms. The van der Waals surface area contributed by atoms with Gasteiger partial charge in [-0.05, 0) is 44.9 Å². The molecule has 0 spiro atoms. The molecule has 0 aromatic carbocycles. The molecule has 0 radical (unpaired) electrons. The minimum Gasteiger partial charge on any atom is -0.378 e. The SMILES string of the molecule is CO[C@]1(C)C[C@H](N(C)C(=O)N[C@H]2CCO[C@H](C3CC3)C2)C1(C)C. The molecule has 1 saturated heterocycles. The number of hydrogen-bond acceptors (Lipinski definition) is 3. The summed E-state index contributed by atoms with van der Waals surface area (Å²) in [6, 6.07) is 0.510. The number of nitrogens with zero attached hydrogens (tertiary/aromatic N) is 1. The van der Waals surface area contributed by atoms with Gasteiger partial charge in [0.25, 0.3) is 0 Å². The Morgan fingerprint density at radius 1 is 1.26 bits per heavy atom. The van der Waals surface area contributed by atoms with Gasteiger partial charge in [0.1, 0.15) is 0 Å². The summed E-state index contributed by atoms with van der Waals surface area (Å²) in [6.07, 6.45) is 5.71. The third-order valence-electron chi connectivity index (χ3n) is 6.81. The number of carbonyl (C=O) groups excluding carboxylic acids is 1. The Morgan fingerprint density at radius 2 is 1.96 bits per heavy atom. The number of hydrogen-bond donors (Lipinski definition) is 1. The molecule has 3 aliphatic rings. The van der Waals surface area contributed by atoms with Gasteiger partial charge in [-0.3, -0.25) is 0 Å². The molecule has 0 aromatic rings. The van der Waals surface area contributed by atoms with Crippen molar-refractivity contribution in [2.24, 2.45) is 11.3 Å². The minimum atomic E-state index is -0.151. The lowest BCUT2D eigenvalue weighted by Crippen LogP contribution is -2.69. The van der Waals surface area contributed by atoms with E-state index in [1.54, 1.807) is 7.11 Å². The average Bonchev–Trinajstić information content (AvgIpc) is 3.36. The summed E-state index contributed by atoms with van der Waals surface area (Å²) < 4.78 is 11.5. The number of methoxy groups -OCH3 is 1. The molecule has 1 heterocycles. The van der Waals surface area contributed by atoms with Crippen molar-refractivity contribution in [1.82, 2.24) is 10.2 Å². The summed E-state index contributed by atoms with van der Waals surface area (Å²) in [5, 5.41) is 3.23. The van der Waals surface area contributed by atoms with Gasteiger partial charge >= 0.3 is 6.03 Å². The molecule has 0 unspecified atom stereocenters. The molecule has 1 N–H and O–H groups in total. The molecule has 2 saturated carbocycles. The normalized spacial score (nSPS) is 39.4. The molecule has 2 aliphatic carbocycles. The van der Waals surface area contributed by atoms with Gasteiger partial charge in [0.15, 0.2) is 0 Å². The Bertz CT molecular complexity index is 463. The predicted molar refractivity (Wildman–Crippen MR) is 89.4 cm³/mol. The highest BCUT2D eigenvalue weighted by Gasteiger charge is 2.60. The van der Waals surface area contributed by atoms with Gasteiger partial charge in [-0.15, -0.1) is 0 Å². The van der Waals surface area contributed by atoms with Gasteiger partial charge in [-0.2, -0.15) is 0 Å². The Morgan fingerprint density at radius 3 is 2.52 bits per heavy atom. The molecule has 5 heteroatoms. The van der Waals surface area contributed by atoms with E-state index in [0.717, 1.165) is 31.8 Å². The lowest BCUT2D eigenvalue weighted by atomic mass is 9.55. The van der Waals surface area contributed by atoms with E-state index in [0.29, 0.717) is 6.10 Å². The molecule has 4 atom stereocenters. The van der Waals surface area contributed by atoms with Crippen molar-refractivity contribution in [3.05, 3.63) is 0 Å². The summed E-state index contributed by atoms with van der Waals surface area (Å²) in [5.74, 6) is 0.736. The fourth-order valence-corrected chi connectivity index (χ4v) is 4.25. The second-order valence-corrected chi connectivity index (χ2v) is 8.40. The van der Waals surface area contributed by atoms with E-state index in [-0.39, 0.29) is 29.1 Å². The van der Waals surface area contributed by atoms with Crippen LogP contribution in [0.3, 0.4) is 0 Å². The van der Waals surface area contributed by atoms with Crippen LogP contribution in [0.4, 0.5) is 4.79 Å². The first-order chi connectivity index (χ1) is 10.8. The van der Waals surface area contributed by atoms with Gasteiger partial charge in [-0.1, -0.05) is 13.8 Å². The fraction of sp³-hybridized carbons (Fsp3) is 0.944. The first kappa shape index (κ1) is 17.0. The summed E-state index contributed by atoms with van der Waals surface area (Å²) >= 11 is 0. The van der Waals surface area contributed by atoms with Gasteiger partial charge in [0.2, 0.25) is 0 Å². The second kappa shape index (κ2) is 5.92. The van der Waals surface area contributed by atoms with Gasteiger partial charge < -0.3 is 19.7 Å². The lowest BCUT2D eigenvalue weighted by molar-refractivity contribution is -0.198. The van der Waals surface area contributed by atoms with Crippen molar-refractivity contribution >= 4 is 6.03 Å². The predicted octanol–water partition coefficient (Wildman–Crippen LogP) is 2.79. The van der Waals surface area contributed by atoms with Crippen molar-refractivity contribution in [2.75, 3.05) is 20.8 Å². The van der Waals surface area contributed by atoms with E-state index in [2.05, 4.69) is 26.1 Å². The standard InChI is InChI=1S/C18H32N2O3/c1-17(2)15(11-18(17,3)22-5)20(4)16(21)19-13-8-9-23-14(10-13)12-6-7-12/h12-15H,6-11H2,1-5H3,(H,19,21)/t13-,14-,15-,18+/m0/s1. The Balaban J connectivity index is 1.54. The molecule has 2 amide bonds. The molecule has 5 nitrogen and oxygen atoms in total. The monoisotopic (exact) mass is 324 g/mol. The van der Waals surface area contributed by atoms with Crippen molar-refractivity contribution in [3.8, 4) is 0 Å². The maximum atomic E-state index is 12.7. The Kier molecular flexibility index (Phi) is 4.38. The number of rotatable bonds is 4. The molecule has 132 valence electrons. The Hall–Kier alpha value is -0.810. The zero-order valence-corrected chi connectivity index (χ0v) is 15.2. The van der Waals surface area contributed by atoms with Crippen LogP contribution >= 0.6 is 0 Å².